The van der Waals surface area contributed by atoms with E-state index < -0.39 is 0 Å². The molecule has 0 spiro atoms. The molecular formula is C19H20OS. The highest BCUT2D eigenvalue weighted by molar-refractivity contribution is 7.99. The fourth-order valence-electron chi connectivity index (χ4n) is 2.12. The number of benzene rings is 2. The zero-order valence-corrected chi connectivity index (χ0v) is 12.9. The highest BCUT2D eigenvalue weighted by Gasteiger charge is 2.00. The predicted octanol–water partition coefficient (Wildman–Crippen LogP) is 4.90. The standard InChI is InChI=1S/C19H20OS/c1-2-18(20)11-7-13-21-19-12-6-10-17(15-19)14-16-8-4-3-5-9-16/h2-6,8-10,12,15H,1,7,11,13-14H2. The molecule has 0 fully saturated rings. The molecule has 0 aliphatic heterocycles. The summed E-state index contributed by atoms with van der Waals surface area (Å²) in [5, 5.41) is 0. The van der Waals surface area contributed by atoms with Crippen molar-refractivity contribution in [3.63, 3.8) is 0 Å². The van der Waals surface area contributed by atoms with Gasteiger partial charge in [-0.3, -0.25) is 4.79 Å². The van der Waals surface area contributed by atoms with Gasteiger partial charge in [-0.05, 0) is 47.9 Å². The summed E-state index contributed by atoms with van der Waals surface area (Å²) < 4.78 is 0. The van der Waals surface area contributed by atoms with Crippen LogP contribution in [0.15, 0.2) is 72.1 Å². The fourth-order valence-corrected chi connectivity index (χ4v) is 3.05. The first-order chi connectivity index (χ1) is 10.3. The molecule has 2 heteroatoms. The Balaban J connectivity index is 1.86. The Kier molecular flexibility index (Phi) is 6.29. The number of rotatable bonds is 8. The van der Waals surface area contributed by atoms with Crippen LogP contribution in [0.5, 0.6) is 0 Å². The molecule has 0 heterocycles. The van der Waals surface area contributed by atoms with Crippen LogP contribution in [0, 0.1) is 0 Å². The van der Waals surface area contributed by atoms with E-state index in [9.17, 15) is 4.79 Å². The van der Waals surface area contributed by atoms with Gasteiger partial charge in [0.2, 0.25) is 0 Å². The minimum absolute atomic E-state index is 0.133. The maximum Gasteiger partial charge on any atom is 0.155 e. The number of carbonyl (C=O) groups is 1. The molecule has 0 unspecified atom stereocenters. The minimum Gasteiger partial charge on any atom is -0.295 e. The Labute approximate surface area is 131 Å². The second-order valence-corrected chi connectivity index (χ2v) is 6.10. The largest absolute Gasteiger partial charge is 0.295 e. The molecule has 0 atom stereocenters. The van der Waals surface area contributed by atoms with Crippen LogP contribution >= 0.6 is 11.8 Å². The van der Waals surface area contributed by atoms with Gasteiger partial charge in [-0.25, -0.2) is 0 Å². The quantitative estimate of drug-likeness (QED) is 0.391. The SMILES string of the molecule is C=CC(=O)CCCSc1cccc(Cc2ccccc2)c1. The summed E-state index contributed by atoms with van der Waals surface area (Å²) in [4.78, 5) is 12.4. The van der Waals surface area contributed by atoms with Crippen LogP contribution in [0.2, 0.25) is 0 Å². The van der Waals surface area contributed by atoms with Gasteiger partial charge in [0.15, 0.2) is 5.78 Å². The highest BCUT2D eigenvalue weighted by Crippen LogP contribution is 2.22. The normalized spacial score (nSPS) is 10.3. The molecule has 0 saturated heterocycles. The molecule has 2 aromatic rings. The van der Waals surface area contributed by atoms with Crippen molar-refractivity contribution in [3.8, 4) is 0 Å². The summed E-state index contributed by atoms with van der Waals surface area (Å²) >= 11 is 1.81. The second kappa shape index (κ2) is 8.48. The second-order valence-electron chi connectivity index (χ2n) is 4.93. The fraction of sp³-hybridized carbons (Fsp3) is 0.211. The smallest absolute Gasteiger partial charge is 0.155 e. The average molecular weight is 296 g/mol. The molecule has 0 aliphatic carbocycles. The lowest BCUT2D eigenvalue weighted by molar-refractivity contribution is -0.114. The van der Waals surface area contributed by atoms with E-state index in [1.807, 2.05) is 17.8 Å². The van der Waals surface area contributed by atoms with Crippen LogP contribution in [0.25, 0.3) is 0 Å². The third-order valence-electron chi connectivity index (χ3n) is 3.21. The van der Waals surface area contributed by atoms with Crippen molar-refractivity contribution in [1.29, 1.82) is 0 Å². The van der Waals surface area contributed by atoms with E-state index in [0.717, 1.165) is 18.6 Å². The Morgan fingerprint density at radius 2 is 1.81 bits per heavy atom. The van der Waals surface area contributed by atoms with Gasteiger partial charge in [0, 0.05) is 11.3 Å². The molecule has 2 aromatic carbocycles. The van der Waals surface area contributed by atoms with Crippen LogP contribution in [0.3, 0.4) is 0 Å². The minimum atomic E-state index is 0.133. The average Bonchev–Trinajstić information content (AvgIpc) is 2.52. The number of carbonyl (C=O) groups excluding carboxylic acids is 1. The van der Waals surface area contributed by atoms with Gasteiger partial charge < -0.3 is 0 Å². The van der Waals surface area contributed by atoms with Crippen LogP contribution in [-0.4, -0.2) is 11.5 Å². The van der Waals surface area contributed by atoms with Gasteiger partial charge in [0.1, 0.15) is 0 Å². The molecule has 0 radical (unpaired) electrons. The molecule has 21 heavy (non-hydrogen) atoms. The summed E-state index contributed by atoms with van der Waals surface area (Å²) in [6, 6.07) is 19.1. The van der Waals surface area contributed by atoms with Crippen molar-refractivity contribution >= 4 is 17.5 Å². The first-order valence-corrected chi connectivity index (χ1v) is 8.17. The number of thioether (sulfide) groups is 1. The van der Waals surface area contributed by atoms with Crippen molar-refractivity contribution < 1.29 is 4.79 Å². The van der Waals surface area contributed by atoms with Crippen molar-refractivity contribution in [2.45, 2.75) is 24.2 Å². The van der Waals surface area contributed by atoms with E-state index >= 15 is 0 Å². The van der Waals surface area contributed by atoms with Gasteiger partial charge in [-0.15, -0.1) is 11.8 Å². The van der Waals surface area contributed by atoms with E-state index in [1.165, 1.54) is 22.1 Å². The highest BCUT2D eigenvalue weighted by atomic mass is 32.2. The lowest BCUT2D eigenvalue weighted by Gasteiger charge is -2.05. The number of allylic oxidation sites excluding steroid dienone is 1. The molecule has 108 valence electrons. The van der Waals surface area contributed by atoms with E-state index in [0.29, 0.717) is 6.42 Å². The maximum absolute atomic E-state index is 11.2. The lowest BCUT2D eigenvalue weighted by atomic mass is 10.1. The van der Waals surface area contributed by atoms with E-state index in [-0.39, 0.29) is 5.78 Å². The Morgan fingerprint density at radius 3 is 2.57 bits per heavy atom. The zero-order chi connectivity index (χ0) is 14.9. The van der Waals surface area contributed by atoms with Gasteiger partial charge >= 0.3 is 0 Å². The number of hydrogen-bond acceptors (Lipinski definition) is 2. The Hall–Kier alpha value is -1.80. The van der Waals surface area contributed by atoms with Crippen molar-refractivity contribution in [1.82, 2.24) is 0 Å². The van der Waals surface area contributed by atoms with E-state index in [4.69, 9.17) is 0 Å². The van der Waals surface area contributed by atoms with Crippen LogP contribution in [0.1, 0.15) is 24.0 Å². The number of hydrogen-bond donors (Lipinski definition) is 0. The Bertz CT molecular complexity index is 590. The first kappa shape index (κ1) is 15.6. The first-order valence-electron chi connectivity index (χ1n) is 7.19. The topological polar surface area (TPSA) is 17.1 Å². The third kappa shape index (κ3) is 5.60. The molecule has 0 bridgehead atoms. The molecule has 0 N–H and O–H groups in total. The summed E-state index contributed by atoms with van der Waals surface area (Å²) in [6.07, 6.45) is 3.87. The van der Waals surface area contributed by atoms with Gasteiger partial charge in [0.25, 0.3) is 0 Å². The maximum atomic E-state index is 11.2. The molecular weight excluding hydrogens is 276 g/mol. The molecule has 1 nitrogen and oxygen atoms in total. The monoisotopic (exact) mass is 296 g/mol. The summed E-state index contributed by atoms with van der Waals surface area (Å²) in [5.74, 6) is 1.10. The molecule has 0 aromatic heterocycles. The summed E-state index contributed by atoms with van der Waals surface area (Å²) in [5.41, 5.74) is 2.66. The van der Waals surface area contributed by atoms with Gasteiger partial charge in [-0.1, -0.05) is 49.0 Å². The molecule has 0 amide bonds. The van der Waals surface area contributed by atoms with Crippen LogP contribution < -0.4 is 0 Å². The zero-order valence-electron chi connectivity index (χ0n) is 12.1. The van der Waals surface area contributed by atoms with E-state index in [2.05, 4.69) is 55.1 Å². The molecule has 0 aliphatic rings. The lowest BCUT2D eigenvalue weighted by Crippen LogP contribution is -1.93. The van der Waals surface area contributed by atoms with Crippen molar-refractivity contribution in [2.75, 3.05) is 5.75 Å². The molecule has 0 saturated carbocycles. The number of ketones is 1. The van der Waals surface area contributed by atoms with Crippen LogP contribution in [-0.2, 0) is 11.2 Å². The van der Waals surface area contributed by atoms with Crippen molar-refractivity contribution in [3.05, 3.63) is 78.4 Å². The van der Waals surface area contributed by atoms with Gasteiger partial charge in [0.05, 0.1) is 0 Å². The Morgan fingerprint density at radius 1 is 1.05 bits per heavy atom. The van der Waals surface area contributed by atoms with Crippen LogP contribution in [0.4, 0.5) is 0 Å². The van der Waals surface area contributed by atoms with Crippen molar-refractivity contribution in [2.24, 2.45) is 0 Å². The molecule has 2 rings (SSSR count). The predicted molar refractivity (Wildman–Crippen MR) is 90.9 cm³/mol. The summed E-state index contributed by atoms with van der Waals surface area (Å²) in [7, 11) is 0. The summed E-state index contributed by atoms with van der Waals surface area (Å²) in [6.45, 7) is 3.49. The van der Waals surface area contributed by atoms with Gasteiger partial charge in [-0.2, -0.15) is 0 Å². The van der Waals surface area contributed by atoms with E-state index in [1.54, 1.807) is 0 Å². The third-order valence-corrected chi connectivity index (χ3v) is 4.29.